The van der Waals surface area contributed by atoms with Gasteiger partial charge in [-0.15, -0.1) is 0 Å². The van der Waals surface area contributed by atoms with Crippen molar-refractivity contribution < 1.29 is 9.53 Å². The van der Waals surface area contributed by atoms with Crippen LogP contribution in [0.3, 0.4) is 0 Å². The van der Waals surface area contributed by atoms with Gasteiger partial charge in [0.1, 0.15) is 0 Å². The number of para-hydroxylation sites is 1. The Balaban J connectivity index is 2.71. The number of aromatic nitrogens is 2. The van der Waals surface area contributed by atoms with Crippen LogP contribution in [-0.2, 0) is 11.3 Å². The maximum atomic E-state index is 12.2. The first kappa shape index (κ1) is 12.4. The molecule has 0 saturated carbocycles. The minimum absolute atomic E-state index is 0.152. The predicted molar refractivity (Wildman–Crippen MR) is 68.9 cm³/mol. The molecule has 0 radical (unpaired) electrons. The summed E-state index contributed by atoms with van der Waals surface area (Å²) in [6.07, 6.45) is 0.263. The van der Waals surface area contributed by atoms with Gasteiger partial charge in [0.05, 0.1) is 17.5 Å². The molecule has 18 heavy (non-hydrogen) atoms. The Morgan fingerprint density at radius 2 is 2.00 bits per heavy atom. The van der Waals surface area contributed by atoms with Crippen LogP contribution in [0.4, 0.5) is 4.79 Å². The Morgan fingerprint density at radius 3 is 2.67 bits per heavy atom. The molecule has 1 aromatic carbocycles. The molecule has 0 aliphatic rings. The molecule has 5 nitrogen and oxygen atoms in total. The second-order valence-corrected chi connectivity index (χ2v) is 3.96. The molecular weight excluding hydrogens is 232 g/mol. The Labute approximate surface area is 105 Å². The van der Waals surface area contributed by atoms with Gasteiger partial charge in [-0.3, -0.25) is 4.79 Å². The van der Waals surface area contributed by atoms with E-state index in [-0.39, 0.29) is 12.2 Å². The minimum Gasteiger partial charge on any atom is -0.448 e. The molecular formula is C13H16N2O3. The lowest BCUT2D eigenvalue weighted by Gasteiger charge is -2.09. The monoisotopic (exact) mass is 248 g/mol. The van der Waals surface area contributed by atoms with E-state index in [2.05, 4.69) is 0 Å². The van der Waals surface area contributed by atoms with E-state index >= 15 is 0 Å². The van der Waals surface area contributed by atoms with Crippen molar-refractivity contribution in [2.45, 2.75) is 26.8 Å². The molecule has 0 spiro atoms. The van der Waals surface area contributed by atoms with E-state index in [1.54, 1.807) is 31.2 Å². The van der Waals surface area contributed by atoms with E-state index in [1.165, 1.54) is 9.36 Å². The Bertz CT molecular complexity index is 625. The molecule has 0 bridgehead atoms. The molecule has 2 rings (SSSR count). The molecule has 0 aliphatic heterocycles. The standard InChI is InChI=1S/C13H16N2O3/c1-3-9-14-12(16)10-7-5-6-8-11(10)15(14)13(17)18-4-2/h5-8H,3-4,9H2,1-2H3. The quantitative estimate of drug-likeness (QED) is 0.836. The lowest BCUT2D eigenvalue weighted by atomic mass is 10.2. The van der Waals surface area contributed by atoms with Crippen molar-refractivity contribution in [3.63, 3.8) is 0 Å². The molecule has 1 heterocycles. The number of hydrogen-bond acceptors (Lipinski definition) is 3. The highest BCUT2D eigenvalue weighted by Crippen LogP contribution is 2.12. The van der Waals surface area contributed by atoms with E-state index in [0.29, 0.717) is 17.4 Å². The average molecular weight is 248 g/mol. The molecule has 96 valence electrons. The van der Waals surface area contributed by atoms with Crippen molar-refractivity contribution in [2.75, 3.05) is 6.61 Å². The maximum absolute atomic E-state index is 12.2. The molecule has 5 heteroatoms. The molecule has 0 atom stereocenters. The fourth-order valence-electron chi connectivity index (χ4n) is 1.99. The van der Waals surface area contributed by atoms with Gasteiger partial charge in [-0.1, -0.05) is 19.1 Å². The first-order valence-electron chi connectivity index (χ1n) is 6.08. The third kappa shape index (κ3) is 1.92. The number of carbonyl (C=O) groups excluding carboxylic acids is 1. The van der Waals surface area contributed by atoms with Crippen LogP contribution in [0.2, 0.25) is 0 Å². The predicted octanol–water partition coefficient (Wildman–Crippen LogP) is 2.22. The normalized spacial score (nSPS) is 10.8. The summed E-state index contributed by atoms with van der Waals surface area (Å²) >= 11 is 0. The SMILES string of the molecule is CCCn1c(=O)c2ccccc2n1C(=O)OCC. The van der Waals surface area contributed by atoms with Gasteiger partial charge in [-0.25, -0.2) is 9.48 Å². The fourth-order valence-corrected chi connectivity index (χ4v) is 1.99. The van der Waals surface area contributed by atoms with Crippen LogP contribution in [0.1, 0.15) is 20.3 Å². The van der Waals surface area contributed by atoms with Crippen LogP contribution in [-0.4, -0.2) is 22.1 Å². The van der Waals surface area contributed by atoms with Gasteiger partial charge >= 0.3 is 6.09 Å². The summed E-state index contributed by atoms with van der Waals surface area (Å²) in [4.78, 5) is 24.1. The summed E-state index contributed by atoms with van der Waals surface area (Å²) in [6, 6.07) is 7.06. The molecule has 0 amide bonds. The van der Waals surface area contributed by atoms with E-state index in [9.17, 15) is 9.59 Å². The summed E-state index contributed by atoms with van der Waals surface area (Å²) in [5.74, 6) is 0. The number of nitrogens with zero attached hydrogens (tertiary/aromatic N) is 2. The smallest absolute Gasteiger partial charge is 0.433 e. The Hall–Kier alpha value is -2.04. The molecule has 2 aromatic rings. The number of fused-ring (bicyclic) bond motifs is 1. The van der Waals surface area contributed by atoms with Gasteiger partial charge in [0.15, 0.2) is 0 Å². The van der Waals surface area contributed by atoms with E-state index in [0.717, 1.165) is 6.42 Å². The average Bonchev–Trinajstić information content (AvgIpc) is 2.65. The molecule has 0 N–H and O–H groups in total. The van der Waals surface area contributed by atoms with Gasteiger partial charge in [0.2, 0.25) is 0 Å². The van der Waals surface area contributed by atoms with Crippen LogP contribution < -0.4 is 5.56 Å². The summed E-state index contributed by atoms with van der Waals surface area (Å²) < 4.78 is 7.76. The van der Waals surface area contributed by atoms with E-state index < -0.39 is 6.09 Å². The van der Waals surface area contributed by atoms with Crippen LogP contribution in [0.5, 0.6) is 0 Å². The number of carbonyl (C=O) groups is 1. The minimum atomic E-state index is -0.510. The summed E-state index contributed by atoms with van der Waals surface area (Å²) in [7, 11) is 0. The lowest BCUT2D eigenvalue weighted by Crippen LogP contribution is -2.28. The third-order valence-electron chi connectivity index (χ3n) is 2.71. The van der Waals surface area contributed by atoms with E-state index in [1.807, 2.05) is 6.92 Å². The molecule has 0 unspecified atom stereocenters. The van der Waals surface area contributed by atoms with Gasteiger partial charge in [-0.05, 0) is 25.5 Å². The van der Waals surface area contributed by atoms with Crippen molar-refractivity contribution in [3.8, 4) is 0 Å². The van der Waals surface area contributed by atoms with Crippen molar-refractivity contribution in [1.82, 2.24) is 9.36 Å². The first-order chi connectivity index (χ1) is 8.70. The number of rotatable bonds is 3. The Kier molecular flexibility index (Phi) is 3.50. The third-order valence-corrected chi connectivity index (χ3v) is 2.71. The number of ether oxygens (including phenoxy) is 1. The first-order valence-corrected chi connectivity index (χ1v) is 6.08. The second kappa shape index (κ2) is 5.08. The largest absolute Gasteiger partial charge is 0.448 e. The zero-order valence-electron chi connectivity index (χ0n) is 10.5. The van der Waals surface area contributed by atoms with Crippen molar-refractivity contribution in [3.05, 3.63) is 34.6 Å². The van der Waals surface area contributed by atoms with Crippen molar-refractivity contribution in [1.29, 1.82) is 0 Å². The molecule has 0 saturated heterocycles. The van der Waals surface area contributed by atoms with Crippen molar-refractivity contribution in [2.24, 2.45) is 0 Å². The summed E-state index contributed by atoms with van der Waals surface area (Å²) in [5.41, 5.74) is 0.440. The summed E-state index contributed by atoms with van der Waals surface area (Å²) in [6.45, 7) is 4.48. The molecule has 0 aliphatic carbocycles. The number of hydrogen-bond donors (Lipinski definition) is 0. The Morgan fingerprint density at radius 1 is 1.28 bits per heavy atom. The van der Waals surface area contributed by atoms with Gasteiger partial charge < -0.3 is 4.74 Å². The highest BCUT2D eigenvalue weighted by Gasteiger charge is 2.18. The molecule has 0 fully saturated rings. The highest BCUT2D eigenvalue weighted by molar-refractivity contribution is 5.87. The van der Waals surface area contributed by atoms with Gasteiger partial charge in [0.25, 0.3) is 5.56 Å². The van der Waals surface area contributed by atoms with Crippen LogP contribution >= 0.6 is 0 Å². The van der Waals surface area contributed by atoms with Crippen LogP contribution in [0.25, 0.3) is 10.9 Å². The molecule has 1 aromatic heterocycles. The van der Waals surface area contributed by atoms with Crippen LogP contribution in [0, 0.1) is 0 Å². The summed E-state index contributed by atoms with van der Waals surface area (Å²) in [5, 5.41) is 0.541. The topological polar surface area (TPSA) is 53.2 Å². The van der Waals surface area contributed by atoms with Gasteiger partial charge in [0, 0.05) is 6.54 Å². The number of benzene rings is 1. The second-order valence-electron chi connectivity index (χ2n) is 3.96. The lowest BCUT2D eigenvalue weighted by molar-refractivity contribution is 0.146. The maximum Gasteiger partial charge on any atom is 0.433 e. The van der Waals surface area contributed by atoms with Crippen molar-refractivity contribution >= 4 is 17.0 Å². The van der Waals surface area contributed by atoms with Crippen LogP contribution in [0.15, 0.2) is 29.1 Å². The highest BCUT2D eigenvalue weighted by atomic mass is 16.6. The fraction of sp³-hybridized carbons (Fsp3) is 0.385. The van der Waals surface area contributed by atoms with E-state index in [4.69, 9.17) is 4.74 Å². The zero-order valence-corrected chi connectivity index (χ0v) is 10.5. The van der Waals surface area contributed by atoms with Gasteiger partial charge in [-0.2, -0.15) is 4.68 Å². The zero-order chi connectivity index (χ0) is 13.1.